The van der Waals surface area contributed by atoms with Crippen molar-refractivity contribution in [3.63, 3.8) is 0 Å². The molecule has 1 saturated heterocycles. The number of likely N-dealkylation sites (tertiary alicyclic amines) is 1. The van der Waals surface area contributed by atoms with Gasteiger partial charge in [-0.3, -0.25) is 9.59 Å². The van der Waals surface area contributed by atoms with Crippen molar-refractivity contribution in [3.8, 4) is 5.75 Å². The Labute approximate surface area is 214 Å². The van der Waals surface area contributed by atoms with Crippen molar-refractivity contribution >= 4 is 11.9 Å². The zero-order valence-corrected chi connectivity index (χ0v) is 21.7. The highest BCUT2D eigenvalue weighted by Crippen LogP contribution is 2.51. The first-order valence-corrected chi connectivity index (χ1v) is 13.3. The van der Waals surface area contributed by atoms with Crippen LogP contribution in [0, 0.1) is 11.8 Å². The second-order valence-electron chi connectivity index (χ2n) is 11.0. The van der Waals surface area contributed by atoms with E-state index < -0.39 is 0 Å². The third kappa shape index (κ3) is 5.07. The van der Waals surface area contributed by atoms with Gasteiger partial charge in [0.25, 0.3) is 5.91 Å². The summed E-state index contributed by atoms with van der Waals surface area (Å²) in [6.45, 7) is 4.64. The molecule has 2 aromatic carbocycles. The Kier molecular flexibility index (Phi) is 7.18. The van der Waals surface area contributed by atoms with Gasteiger partial charge in [-0.05, 0) is 74.4 Å². The molecule has 5 rings (SSSR count). The lowest BCUT2D eigenvalue weighted by Crippen LogP contribution is -2.61. The largest absolute Gasteiger partial charge is 0.427 e. The topological polar surface area (TPSA) is 59.1 Å². The summed E-state index contributed by atoms with van der Waals surface area (Å²) in [4.78, 5) is 29.7. The van der Waals surface area contributed by atoms with Crippen molar-refractivity contribution in [2.75, 3.05) is 33.8 Å². The Morgan fingerprint density at radius 1 is 1.11 bits per heavy atom. The van der Waals surface area contributed by atoms with Gasteiger partial charge >= 0.3 is 5.97 Å². The highest BCUT2D eigenvalue weighted by Gasteiger charge is 2.54. The number of ether oxygens (including phenoxy) is 2. The van der Waals surface area contributed by atoms with E-state index in [1.54, 1.807) is 0 Å². The molecule has 3 aliphatic rings. The van der Waals surface area contributed by atoms with Gasteiger partial charge in [0, 0.05) is 57.1 Å². The normalized spacial score (nSPS) is 28.2. The van der Waals surface area contributed by atoms with E-state index in [-0.39, 0.29) is 29.4 Å². The molecule has 3 fully saturated rings. The van der Waals surface area contributed by atoms with Crippen LogP contribution in [0.2, 0.25) is 0 Å². The van der Waals surface area contributed by atoms with Crippen LogP contribution in [0.25, 0.3) is 0 Å². The number of rotatable bonds is 7. The summed E-state index contributed by atoms with van der Waals surface area (Å²) in [7, 11) is 3.74. The molecule has 4 atom stereocenters. The van der Waals surface area contributed by atoms with Crippen molar-refractivity contribution in [1.82, 2.24) is 9.80 Å². The Morgan fingerprint density at radius 3 is 2.58 bits per heavy atom. The monoisotopic (exact) mass is 490 g/mol. The predicted molar refractivity (Wildman–Crippen MR) is 139 cm³/mol. The molecule has 2 saturated carbocycles. The molecule has 2 aromatic rings. The van der Waals surface area contributed by atoms with Crippen LogP contribution in [0.4, 0.5) is 0 Å². The lowest BCUT2D eigenvalue weighted by molar-refractivity contribution is -0.131. The van der Waals surface area contributed by atoms with Crippen LogP contribution in [-0.2, 0) is 14.9 Å². The average molecular weight is 491 g/mol. The fourth-order valence-corrected chi connectivity index (χ4v) is 6.60. The SMILES string of the molecule is COC1C[C@@H](N(C)C(=O)c2ccccc2)CC2(c3cccc(OC(C)=O)c3)CCN(CC3CC3)CC12. The summed E-state index contributed by atoms with van der Waals surface area (Å²) < 4.78 is 11.7. The van der Waals surface area contributed by atoms with E-state index >= 15 is 0 Å². The van der Waals surface area contributed by atoms with Crippen LogP contribution in [-0.4, -0.2) is 67.6 Å². The molecule has 192 valence electrons. The van der Waals surface area contributed by atoms with E-state index in [0.29, 0.717) is 17.2 Å². The second kappa shape index (κ2) is 10.3. The van der Waals surface area contributed by atoms with Crippen LogP contribution in [0.15, 0.2) is 54.6 Å². The lowest BCUT2D eigenvalue weighted by atomic mass is 9.56. The number of esters is 1. The Hall–Kier alpha value is -2.70. The molecule has 0 radical (unpaired) electrons. The molecule has 0 bridgehead atoms. The number of methoxy groups -OCH3 is 1. The average Bonchev–Trinajstić information content (AvgIpc) is 3.71. The summed E-state index contributed by atoms with van der Waals surface area (Å²) in [5.74, 6) is 1.46. The molecular weight excluding hydrogens is 452 g/mol. The maximum atomic E-state index is 13.4. The molecule has 6 nitrogen and oxygen atoms in total. The highest BCUT2D eigenvalue weighted by molar-refractivity contribution is 5.94. The van der Waals surface area contributed by atoms with Crippen LogP contribution in [0.3, 0.4) is 0 Å². The minimum Gasteiger partial charge on any atom is -0.427 e. The van der Waals surface area contributed by atoms with Crippen molar-refractivity contribution in [2.24, 2.45) is 11.8 Å². The molecule has 1 aliphatic heterocycles. The van der Waals surface area contributed by atoms with Crippen LogP contribution in [0.1, 0.15) is 54.9 Å². The van der Waals surface area contributed by atoms with E-state index in [2.05, 4.69) is 11.0 Å². The summed E-state index contributed by atoms with van der Waals surface area (Å²) in [6.07, 6.45) is 5.41. The summed E-state index contributed by atoms with van der Waals surface area (Å²) >= 11 is 0. The first-order valence-electron chi connectivity index (χ1n) is 13.3. The van der Waals surface area contributed by atoms with E-state index in [1.807, 2.05) is 67.6 Å². The number of hydrogen-bond acceptors (Lipinski definition) is 5. The molecule has 3 unspecified atom stereocenters. The van der Waals surface area contributed by atoms with Crippen LogP contribution < -0.4 is 4.74 Å². The maximum absolute atomic E-state index is 13.4. The van der Waals surface area contributed by atoms with Gasteiger partial charge < -0.3 is 19.3 Å². The van der Waals surface area contributed by atoms with Gasteiger partial charge in [0.1, 0.15) is 5.75 Å². The quantitative estimate of drug-likeness (QED) is 0.422. The van der Waals surface area contributed by atoms with E-state index in [0.717, 1.165) is 38.3 Å². The van der Waals surface area contributed by atoms with Crippen LogP contribution >= 0.6 is 0 Å². The Morgan fingerprint density at radius 2 is 1.89 bits per heavy atom. The molecule has 36 heavy (non-hydrogen) atoms. The standard InChI is InChI=1S/C30H38N2O4/c1-21(33)36-26-11-7-10-24(16-26)30-14-15-32(19-22-12-13-22)20-27(30)28(35-3)17-25(18-30)31(2)29(34)23-8-5-4-6-9-23/h4-11,16,22,25,27-28H,12-15,17-20H2,1-3H3/t25-,27?,28?,30?/m1/s1. The zero-order valence-electron chi connectivity index (χ0n) is 21.7. The van der Waals surface area contributed by atoms with Gasteiger partial charge in [0.05, 0.1) is 6.10 Å². The molecule has 2 aliphatic carbocycles. The van der Waals surface area contributed by atoms with E-state index in [1.165, 1.54) is 31.9 Å². The van der Waals surface area contributed by atoms with Gasteiger partial charge in [-0.1, -0.05) is 30.3 Å². The van der Waals surface area contributed by atoms with Crippen molar-refractivity contribution < 1.29 is 19.1 Å². The van der Waals surface area contributed by atoms with Crippen molar-refractivity contribution in [2.45, 2.75) is 56.6 Å². The molecule has 1 amide bonds. The molecular formula is C30H38N2O4. The summed E-state index contributed by atoms with van der Waals surface area (Å²) in [6, 6.07) is 17.6. The zero-order chi connectivity index (χ0) is 25.3. The van der Waals surface area contributed by atoms with Crippen LogP contribution in [0.5, 0.6) is 5.75 Å². The number of benzene rings is 2. The first kappa shape index (κ1) is 25.0. The van der Waals surface area contributed by atoms with Crippen molar-refractivity contribution in [3.05, 3.63) is 65.7 Å². The van der Waals surface area contributed by atoms with Gasteiger partial charge in [-0.25, -0.2) is 0 Å². The summed E-state index contributed by atoms with van der Waals surface area (Å²) in [5.41, 5.74) is 1.73. The number of fused-ring (bicyclic) bond motifs is 1. The Balaban J connectivity index is 1.49. The lowest BCUT2D eigenvalue weighted by Gasteiger charge is -2.56. The minimum atomic E-state index is -0.315. The third-order valence-corrected chi connectivity index (χ3v) is 8.67. The fourth-order valence-electron chi connectivity index (χ4n) is 6.60. The molecule has 1 heterocycles. The molecule has 0 aromatic heterocycles. The predicted octanol–water partition coefficient (Wildman–Crippen LogP) is 4.53. The summed E-state index contributed by atoms with van der Waals surface area (Å²) in [5, 5.41) is 0. The molecule has 6 heteroatoms. The van der Waals surface area contributed by atoms with Gasteiger partial charge in [-0.15, -0.1) is 0 Å². The first-order chi connectivity index (χ1) is 17.4. The highest BCUT2D eigenvalue weighted by atomic mass is 16.5. The van der Waals surface area contributed by atoms with Gasteiger partial charge in [0.15, 0.2) is 0 Å². The minimum absolute atomic E-state index is 0.0363. The number of carbonyl (C=O) groups excluding carboxylic acids is 2. The second-order valence-corrected chi connectivity index (χ2v) is 11.0. The number of hydrogen-bond donors (Lipinski definition) is 0. The molecule has 0 spiro atoms. The third-order valence-electron chi connectivity index (χ3n) is 8.67. The van der Waals surface area contributed by atoms with E-state index in [4.69, 9.17) is 9.47 Å². The Bertz CT molecular complexity index is 1090. The smallest absolute Gasteiger partial charge is 0.308 e. The maximum Gasteiger partial charge on any atom is 0.308 e. The number of amides is 1. The van der Waals surface area contributed by atoms with E-state index in [9.17, 15) is 9.59 Å². The number of piperidine rings is 1. The van der Waals surface area contributed by atoms with Gasteiger partial charge in [0.2, 0.25) is 0 Å². The van der Waals surface area contributed by atoms with Crippen molar-refractivity contribution in [1.29, 1.82) is 0 Å². The molecule has 0 N–H and O–H groups in total. The number of nitrogens with zero attached hydrogens (tertiary/aromatic N) is 2. The van der Waals surface area contributed by atoms with Gasteiger partial charge in [-0.2, -0.15) is 0 Å². The fraction of sp³-hybridized carbons (Fsp3) is 0.533. The number of carbonyl (C=O) groups is 2.